The van der Waals surface area contributed by atoms with Gasteiger partial charge in [-0.3, -0.25) is 4.79 Å². The molecule has 0 spiro atoms. The molecule has 1 saturated carbocycles. The van der Waals surface area contributed by atoms with Crippen molar-refractivity contribution < 1.29 is 9.53 Å². The van der Waals surface area contributed by atoms with Gasteiger partial charge in [0.2, 0.25) is 5.91 Å². The standard InChI is InChI=1S/C16H24N2O2/c1-20-14-7-4-5-12(9-14)10-16(19)18-15-8-3-2-6-13(15)11-17/h4-5,7,9,13,15H,2-3,6,8,10-11,17H2,1H3,(H,18,19). The number of amides is 1. The van der Waals surface area contributed by atoms with Crippen LogP contribution in [0.1, 0.15) is 31.2 Å². The first-order chi connectivity index (χ1) is 9.72. The Balaban J connectivity index is 1.90. The van der Waals surface area contributed by atoms with Crippen LogP contribution in [0.25, 0.3) is 0 Å². The van der Waals surface area contributed by atoms with E-state index in [0.717, 1.165) is 24.2 Å². The number of nitrogens with one attached hydrogen (secondary N) is 1. The van der Waals surface area contributed by atoms with Gasteiger partial charge in [0.05, 0.1) is 13.5 Å². The summed E-state index contributed by atoms with van der Waals surface area (Å²) in [5.74, 6) is 1.29. The summed E-state index contributed by atoms with van der Waals surface area (Å²) in [7, 11) is 1.63. The summed E-state index contributed by atoms with van der Waals surface area (Å²) in [5, 5.41) is 3.15. The van der Waals surface area contributed by atoms with E-state index in [1.807, 2.05) is 24.3 Å². The zero-order valence-corrected chi connectivity index (χ0v) is 12.1. The van der Waals surface area contributed by atoms with Gasteiger partial charge in [-0.2, -0.15) is 0 Å². The molecule has 0 bridgehead atoms. The molecule has 1 aromatic rings. The molecule has 20 heavy (non-hydrogen) atoms. The molecule has 2 unspecified atom stereocenters. The van der Waals surface area contributed by atoms with Crippen molar-refractivity contribution in [2.24, 2.45) is 11.7 Å². The maximum absolute atomic E-state index is 12.1. The molecule has 0 radical (unpaired) electrons. The number of ether oxygens (including phenoxy) is 1. The van der Waals surface area contributed by atoms with Crippen molar-refractivity contribution in [3.05, 3.63) is 29.8 Å². The van der Waals surface area contributed by atoms with Crippen LogP contribution in [-0.4, -0.2) is 25.6 Å². The SMILES string of the molecule is COc1cccc(CC(=O)NC2CCCCC2CN)c1. The summed E-state index contributed by atoms with van der Waals surface area (Å²) >= 11 is 0. The number of rotatable bonds is 5. The molecule has 1 amide bonds. The molecule has 0 aromatic heterocycles. The number of methoxy groups -OCH3 is 1. The predicted octanol–water partition coefficient (Wildman–Crippen LogP) is 1.87. The van der Waals surface area contributed by atoms with Crippen molar-refractivity contribution in [2.75, 3.05) is 13.7 Å². The minimum atomic E-state index is 0.0728. The van der Waals surface area contributed by atoms with Crippen LogP contribution in [0.3, 0.4) is 0 Å². The molecule has 2 atom stereocenters. The summed E-state index contributed by atoms with van der Waals surface area (Å²) in [6.45, 7) is 0.657. The van der Waals surface area contributed by atoms with Gasteiger partial charge in [0, 0.05) is 6.04 Å². The Bertz CT molecular complexity index is 448. The van der Waals surface area contributed by atoms with Crippen LogP contribution in [-0.2, 0) is 11.2 Å². The molecule has 2 rings (SSSR count). The van der Waals surface area contributed by atoms with E-state index in [2.05, 4.69) is 5.32 Å². The van der Waals surface area contributed by atoms with Gasteiger partial charge in [-0.25, -0.2) is 0 Å². The van der Waals surface area contributed by atoms with E-state index >= 15 is 0 Å². The van der Waals surface area contributed by atoms with Crippen LogP contribution >= 0.6 is 0 Å². The summed E-state index contributed by atoms with van der Waals surface area (Å²) < 4.78 is 5.17. The lowest BCUT2D eigenvalue weighted by Crippen LogP contribution is -2.45. The van der Waals surface area contributed by atoms with Gasteiger partial charge in [0.15, 0.2) is 0 Å². The number of carbonyl (C=O) groups is 1. The molecule has 1 aliphatic rings. The van der Waals surface area contributed by atoms with Crippen LogP contribution in [0.15, 0.2) is 24.3 Å². The average Bonchev–Trinajstić information content (AvgIpc) is 2.48. The first-order valence-corrected chi connectivity index (χ1v) is 7.35. The van der Waals surface area contributed by atoms with Gasteiger partial charge in [0.1, 0.15) is 5.75 Å². The summed E-state index contributed by atoms with van der Waals surface area (Å²) in [5.41, 5.74) is 6.77. The van der Waals surface area contributed by atoms with Crippen molar-refractivity contribution in [3.8, 4) is 5.75 Å². The van der Waals surface area contributed by atoms with Crippen LogP contribution in [0, 0.1) is 5.92 Å². The monoisotopic (exact) mass is 276 g/mol. The first kappa shape index (κ1) is 14.9. The molecule has 4 nitrogen and oxygen atoms in total. The van der Waals surface area contributed by atoms with E-state index in [1.165, 1.54) is 12.8 Å². The van der Waals surface area contributed by atoms with Gasteiger partial charge in [-0.05, 0) is 43.0 Å². The minimum Gasteiger partial charge on any atom is -0.497 e. The maximum Gasteiger partial charge on any atom is 0.224 e. The van der Waals surface area contributed by atoms with Gasteiger partial charge >= 0.3 is 0 Å². The summed E-state index contributed by atoms with van der Waals surface area (Å²) in [4.78, 5) is 12.1. The zero-order valence-electron chi connectivity index (χ0n) is 12.1. The topological polar surface area (TPSA) is 64.3 Å². The number of benzene rings is 1. The average molecular weight is 276 g/mol. The first-order valence-electron chi connectivity index (χ1n) is 7.35. The third kappa shape index (κ3) is 3.97. The van der Waals surface area contributed by atoms with Crippen LogP contribution in [0.5, 0.6) is 5.75 Å². The fourth-order valence-electron chi connectivity index (χ4n) is 2.91. The van der Waals surface area contributed by atoms with E-state index in [4.69, 9.17) is 10.5 Å². The number of hydrogen-bond donors (Lipinski definition) is 2. The zero-order chi connectivity index (χ0) is 14.4. The molecule has 1 aromatic carbocycles. The molecule has 4 heteroatoms. The molecular weight excluding hydrogens is 252 g/mol. The Hall–Kier alpha value is -1.55. The Kier molecular flexibility index (Phi) is 5.41. The third-order valence-electron chi connectivity index (χ3n) is 4.06. The lowest BCUT2D eigenvalue weighted by molar-refractivity contribution is -0.121. The highest BCUT2D eigenvalue weighted by Gasteiger charge is 2.25. The van der Waals surface area contributed by atoms with Gasteiger partial charge in [-0.15, -0.1) is 0 Å². The second kappa shape index (κ2) is 7.29. The molecular formula is C16H24N2O2. The van der Waals surface area contributed by atoms with Gasteiger partial charge < -0.3 is 15.8 Å². The molecule has 1 aliphatic carbocycles. The van der Waals surface area contributed by atoms with Crippen LogP contribution in [0.4, 0.5) is 0 Å². The van der Waals surface area contributed by atoms with Crippen molar-refractivity contribution in [1.82, 2.24) is 5.32 Å². The second-order valence-electron chi connectivity index (χ2n) is 5.48. The van der Waals surface area contributed by atoms with Crippen molar-refractivity contribution in [1.29, 1.82) is 0 Å². The molecule has 0 saturated heterocycles. The number of carbonyl (C=O) groups excluding carboxylic acids is 1. The minimum absolute atomic E-state index is 0.0728. The molecule has 0 aliphatic heterocycles. The Morgan fingerprint density at radius 3 is 2.95 bits per heavy atom. The lowest BCUT2D eigenvalue weighted by Gasteiger charge is -2.31. The number of hydrogen-bond acceptors (Lipinski definition) is 3. The van der Waals surface area contributed by atoms with E-state index in [9.17, 15) is 4.79 Å². The second-order valence-corrected chi connectivity index (χ2v) is 5.48. The van der Waals surface area contributed by atoms with E-state index < -0.39 is 0 Å². The van der Waals surface area contributed by atoms with Gasteiger partial charge in [0.25, 0.3) is 0 Å². The lowest BCUT2D eigenvalue weighted by atomic mass is 9.84. The van der Waals surface area contributed by atoms with Crippen LogP contribution in [0.2, 0.25) is 0 Å². The molecule has 1 fully saturated rings. The molecule has 110 valence electrons. The Morgan fingerprint density at radius 2 is 2.20 bits per heavy atom. The maximum atomic E-state index is 12.1. The van der Waals surface area contributed by atoms with Crippen molar-refractivity contribution >= 4 is 5.91 Å². The normalized spacial score (nSPS) is 22.3. The molecule has 3 N–H and O–H groups in total. The highest BCUT2D eigenvalue weighted by Crippen LogP contribution is 2.23. The van der Waals surface area contributed by atoms with Crippen molar-refractivity contribution in [2.45, 2.75) is 38.1 Å². The van der Waals surface area contributed by atoms with E-state index in [0.29, 0.717) is 18.9 Å². The molecule has 0 heterocycles. The largest absolute Gasteiger partial charge is 0.497 e. The highest BCUT2D eigenvalue weighted by atomic mass is 16.5. The van der Waals surface area contributed by atoms with Gasteiger partial charge in [-0.1, -0.05) is 25.0 Å². The fourth-order valence-corrected chi connectivity index (χ4v) is 2.91. The Morgan fingerprint density at radius 1 is 1.40 bits per heavy atom. The number of nitrogens with two attached hydrogens (primary N) is 1. The van der Waals surface area contributed by atoms with E-state index in [1.54, 1.807) is 7.11 Å². The van der Waals surface area contributed by atoms with E-state index in [-0.39, 0.29) is 11.9 Å². The fraction of sp³-hybridized carbons (Fsp3) is 0.562. The Labute approximate surface area is 120 Å². The highest BCUT2D eigenvalue weighted by molar-refractivity contribution is 5.79. The van der Waals surface area contributed by atoms with Crippen LogP contribution < -0.4 is 15.8 Å². The van der Waals surface area contributed by atoms with Crippen molar-refractivity contribution in [3.63, 3.8) is 0 Å². The quantitative estimate of drug-likeness (QED) is 0.863. The third-order valence-corrected chi connectivity index (χ3v) is 4.06. The smallest absolute Gasteiger partial charge is 0.224 e. The summed E-state index contributed by atoms with van der Waals surface area (Å²) in [6.07, 6.45) is 4.97. The summed E-state index contributed by atoms with van der Waals surface area (Å²) in [6, 6.07) is 7.88. The predicted molar refractivity (Wildman–Crippen MR) is 79.6 cm³/mol.